The number of rotatable bonds is 7. The van der Waals surface area contributed by atoms with E-state index in [0.717, 1.165) is 40.3 Å². The second kappa shape index (κ2) is 7.38. The quantitative estimate of drug-likeness (QED) is 0.710. The zero-order valence-electron chi connectivity index (χ0n) is 15.0. The summed E-state index contributed by atoms with van der Waals surface area (Å²) in [6.45, 7) is 4.82. The summed E-state index contributed by atoms with van der Waals surface area (Å²) in [6.07, 6.45) is 4.27. The number of benzene rings is 1. The highest BCUT2D eigenvalue weighted by molar-refractivity contribution is 5.86. The van der Waals surface area contributed by atoms with Crippen LogP contribution in [0.15, 0.2) is 30.7 Å². The average Bonchev–Trinajstić information content (AvgIpc) is 3.02. The Morgan fingerprint density at radius 2 is 2.08 bits per heavy atom. The molecule has 0 aliphatic heterocycles. The molecule has 0 amide bonds. The van der Waals surface area contributed by atoms with E-state index in [1.165, 1.54) is 0 Å². The molecular weight excluding hydrogens is 318 g/mol. The summed E-state index contributed by atoms with van der Waals surface area (Å²) >= 11 is 0. The third-order valence-electron chi connectivity index (χ3n) is 4.03. The van der Waals surface area contributed by atoms with E-state index in [4.69, 9.17) is 9.47 Å². The van der Waals surface area contributed by atoms with E-state index < -0.39 is 0 Å². The van der Waals surface area contributed by atoms with Gasteiger partial charge in [0.15, 0.2) is 17.1 Å². The molecule has 25 heavy (non-hydrogen) atoms. The Labute approximate surface area is 147 Å². The zero-order valence-corrected chi connectivity index (χ0v) is 15.0. The molecule has 0 bridgehead atoms. The highest BCUT2D eigenvalue weighted by Crippen LogP contribution is 2.32. The highest BCUT2D eigenvalue weighted by atomic mass is 16.5. The lowest BCUT2D eigenvalue weighted by molar-refractivity contribution is 0.294. The van der Waals surface area contributed by atoms with Gasteiger partial charge in [0.1, 0.15) is 12.1 Å². The molecule has 2 heterocycles. The van der Waals surface area contributed by atoms with E-state index in [0.29, 0.717) is 6.61 Å². The number of aromatic nitrogens is 4. The molecule has 0 unspecified atom stereocenters. The van der Waals surface area contributed by atoms with Crippen molar-refractivity contribution in [2.75, 3.05) is 19.0 Å². The number of nitrogens with zero attached hydrogens (tertiary/aromatic N) is 4. The van der Waals surface area contributed by atoms with Gasteiger partial charge in [0.05, 0.1) is 31.3 Å². The van der Waals surface area contributed by atoms with Gasteiger partial charge in [-0.1, -0.05) is 13.0 Å². The Bertz CT molecular complexity index is 862. The molecule has 132 valence electrons. The van der Waals surface area contributed by atoms with Crippen molar-refractivity contribution < 1.29 is 9.47 Å². The summed E-state index contributed by atoms with van der Waals surface area (Å²) in [5, 5.41) is 8.56. The number of aryl methyl sites for hydroxylation is 1. The highest BCUT2D eigenvalue weighted by Gasteiger charge is 2.14. The number of anilines is 1. The summed E-state index contributed by atoms with van der Waals surface area (Å²) < 4.78 is 12.9. The fourth-order valence-corrected chi connectivity index (χ4v) is 2.65. The molecule has 3 aromatic rings. The molecule has 0 aliphatic rings. The van der Waals surface area contributed by atoms with Gasteiger partial charge in [0, 0.05) is 7.05 Å². The minimum absolute atomic E-state index is 0.0347. The van der Waals surface area contributed by atoms with Crippen molar-refractivity contribution in [2.45, 2.75) is 26.3 Å². The standard InChI is InChI=1S/C18H23N5O2/c1-5-8-25-15-7-6-13(9-16(15)24-4)12(2)22-17-14-10-21-23(3)18(14)20-11-19-17/h6-7,9-12H,5,8H2,1-4H3,(H,19,20,22)/t12-/m1/s1. The van der Waals surface area contributed by atoms with Crippen LogP contribution in [0.25, 0.3) is 11.0 Å². The molecule has 1 N–H and O–H groups in total. The van der Waals surface area contributed by atoms with Crippen LogP contribution in [0.5, 0.6) is 11.5 Å². The smallest absolute Gasteiger partial charge is 0.163 e. The predicted octanol–water partition coefficient (Wildman–Crippen LogP) is 3.33. The van der Waals surface area contributed by atoms with E-state index in [-0.39, 0.29) is 6.04 Å². The van der Waals surface area contributed by atoms with Crippen molar-refractivity contribution in [1.82, 2.24) is 19.7 Å². The van der Waals surface area contributed by atoms with Crippen LogP contribution in [0.1, 0.15) is 31.9 Å². The molecule has 1 atom stereocenters. The van der Waals surface area contributed by atoms with Gasteiger partial charge in [-0.15, -0.1) is 0 Å². The van der Waals surface area contributed by atoms with Gasteiger partial charge in [-0.05, 0) is 31.0 Å². The third kappa shape index (κ3) is 3.50. The minimum atomic E-state index is 0.0347. The summed E-state index contributed by atoms with van der Waals surface area (Å²) in [6, 6.07) is 6.01. The van der Waals surface area contributed by atoms with Crippen LogP contribution in [0.4, 0.5) is 5.82 Å². The van der Waals surface area contributed by atoms with Crippen LogP contribution in [-0.2, 0) is 7.05 Å². The first kappa shape index (κ1) is 17.0. The second-order valence-corrected chi connectivity index (χ2v) is 5.85. The Morgan fingerprint density at radius 1 is 1.24 bits per heavy atom. The molecule has 0 fully saturated rings. The molecule has 0 radical (unpaired) electrons. The Morgan fingerprint density at radius 3 is 2.84 bits per heavy atom. The molecule has 2 aromatic heterocycles. The van der Waals surface area contributed by atoms with Gasteiger partial charge in [-0.3, -0.25) is 4.68 Å². The lowest BCUT2D eigenvalue weighted by atomic mass is 10.1. The van der Waals surface area contributed by atoms with Crippen molar-refractivity contribution in [3.8, 4) is 11.5 Å². The molecule has 3 rings (SSSR count). The lowest BCUT2D eigenvalue weighted by Crippen LogP contribution is -2.09. The number of hydrogen-bond donors (Lipinski definition) is 1. The van der Waals surface area contributed by atoms with Crippen molar-refractivity contribution in [3.05, 3.63) is 36.3 Å². The van der Waals surface area contributed by atoms with E-state index in [1.54, 1.807) is 24.3 Å². The van der Waals surface area contributed by atoms with Crippen LogP contribution in [0.2, 0.25) is 0 Å². The molecular formula is C18H23N5O2. The maximum atomic E-state index is 5.71. The summed E-state index contributed by atoms with van der Waals surface area (Å²) in [5.41, 5.74) is 1.88. The lowest BCUT2D eigenvalue weighted by Gasteiger charge is -2.18. The monoisotopic (exact) mass is 341 g/mol. The van der Waals surface area contributed by atoms with E-state index in [9.17, 15) is 0 Å². The molecule has 1 aromatic carbocycles. The number of ether oxygens (including phenoxy) is 2. The van der Waals surface area contributed by atoms with Gasteiger partial charge in [-0.25, -0.2) is 9.97 Å². The average molecular weight is 341 g/mol. The minimum Gasteiger partial charge on any atom is -0.493 e. The largest absolute Gasteiger partial charge is 0.493 e. The summed E-state index contributed by atoms with van der Waals surface area (Å²) in [5.74, 6) is 2.25. The molecule has 0 saturated heterocycles. The van der Waals surface area contributed by atoms with Crippen molar-refractivity contribution in [3.63, 3.8) is 0 Å². The van der Waals surface area contributed by atoms with Crippen molar-refractivity contribution >= 4 is 16.9 Å². The zero-order chi connectivity index (χ0) is 17.8. The Hall–Kier alpha value is -2.83. The van der Waals surface area contributed by atoms with Crippen molar-refractivity contribution in [1.29, 1.82) is 0 Å². The summed E-state index contributed by atoms with van der Waals surface area (Å²) in [7, 11) is 3.52. The third-order valence-corrected chi connectivity index (χ3v) is 4.03. The molecule has 0 spiro atoms. The fraction of sp³-hybridized carbons (Fsp3) is 0.389. The van der Waals surface area contributed by atoms with Crippen LogP contribution < -0.4 is 14.8 Å². The van der Waals surface area contributed by atoms with E-state index in [2.05, 4.69) is 34.2 Å². The SMILES string of the molecule is CCCOc1ccc([C@@H](C)Nc2ncnc3c2cnn3C)cc1OC. The van der Waals surface area contributed by atoms with Crippen LogP contribution >= 0.6 is 0 Å². The molecule has 7 heteroatoms. The first-order valence-electron chi connectivity index (χ1n) is 8.34. The number of methoxy groups -OCH3 is 1. The van der Waals surface area contributed by atoms with Gasteiger partial charge in [-0.2, -0.15) is 5.10 Å². The number of nitrogens with one attached hydrogen (secondary N) is 1. The van der Waals surface area contributed by atoms with Crippen LogP contribution in [0.3, 0.4) is 0 Å². The first-order valence-corrected chi connectivity index (χ1v) is 8.34. The van der Waals surface area contributed by atoms with Gasteiger partial charge in [0.2, 0.25) is 0 Å². The first-order chi connectivity index (χ1) is 12.1. The Balaban J connectivity index is 1.84. The summed E-state index contributed by atoms with van der Waals surface area (Å²) in [4.78, 5) is 8.62. The predicted molar refractivity (Wildman–Crippen MR) is 97.1 cm³/mol. The molecule has 0 saturated carbocycles. The van der Waals surface area contributed by atoms with Crippen molar-refractivity contribution in [2.24, 2.45) is 7.05 Å². The molecule has 7 nitrogen and oxygen atoms in total. The van der Waals surface area contributed by atoms with Gasteiger partial charge in [0.25, 0.3) is 0 Å². The van der Waals surface area contributed by atoms with E-state index >= 15 is 0 Å². The molecule has 0 aliphatic carbocycles. The maximum Gasteiger partial charge on any atom is 0.163 e. The maximum absolute atomic E-state index is 5.71. The second-order valence-electron chi connectivity index (χ2n) is 5.85. The van der Waals surface area contributed by atoms with E-state index in [1.807, 2.05) is 25.2 Å². The van der Waals surface area contributed by atoms with Crippen LogP contribution in [0, 0.1) is 0 Å². The fourth-order valence-electron chi connectivity index (χ4n) is 2.65. The Kier molecular flexibility index (Phi) is 5.02. The number of hydrogen-bond acceptors (Lipinski definition) is 6. The topological polar surface area (TPSA) is 74.1 Å². The van der Waals surface area contributed by atoms with Crippen LogP contribution in [-0.4, -0.2) is 33.5 Å². The normalized spacial score (nSPS) is 12.2. The number of fused-ring (bicyclic) bond motifs is 1. The van der Waals surface area contributed by atoms with Gasteiger partial charge < -0.3 is 14.8 Å². The van der Waals surface area contributed by atoms with Gasteiger partial charge >= 0.3 is 0 Å².